The molecule has 0 fully saturated rings. The fraction of sp³-hybridized carbons (Fsp3) is 0.375. The van der Waals surface area contributed by atoms with Crippen molar-refractivity contribution >= 4 is 39.9 Å². The molecule has 0 radical (unpaired) electrons. The number of azo groups is 1. The lowest BCUT2D eigenvalue weighted by atomic mass is 10.2. The van der Waals surface area contributed by atoms with E-state index in [2.05, 4.69) is 20.3 Å². The molecule has 24 heavy (non-hydrogen) atoms. The van der Waals surface area contributed by atoms with Crippen molar-refractivity contribution in [1.82, 2.24) is 9.88 Å². The number of esters is 1. The summed E-state index contributed by atoms with van der Waals surface area (Å²) < 4.78 is 6.32. The molecule has 2 rings (SSSR count). The first-order valence-electron chi connectivity index (χ1n) is 7.65. The summed E-state index contributed by atoms with van der Waals surface area (Å²) in [5.74, 6) is -0.197. The number of carbonyl (C=O) groups excluding carboxylic acids is 1. The molecule has 0 saturated heterocycles. The van der Waals surface area contributed by atoms with Crippen LogP contribution in [0.15, 0.2) is 34.5 Å². The Kier molecular flexibility index (Phi) is 6.25. The zero-order valence-electron chi connectivity index (χ0n) is 13.7. The van der Waals surface area contributed by atoms with Gasteiger partial charge in [0, 0.05) is 24.9 Å². The number of hydrogen-bond donors (Lipinski definition) is 2. The third-order valence-electron chi connectivity index (χ3n) is 3.54. The van der Waals surface area contributed by atoms with E-state index in [9.17, 15) is 9.90 Å². The molecule has 0 aliphatic carbocycles. The van der Waals surface area contributed by atoms with E-state index < -0.39 is 0 Å². The minimum absolute atomic E-state index is 0.0657. The predicted molar refractivity (Wildman–Crippen MR) is 95.6 cm³/mol. The normalized spacial score (nSPS) is 11.1. The number of aromatic hydroxyl groups is 1. The number of aromatic nitrogens is 1. The van der Waals surface area contributed by atoms with E-state index >= 15 is 0 Å². The first-order valence-corrected chi connectivity index (χ1v) is 8.05. The summed E-state index contributed by atoms with van der Waals surface area (Å²) in [4.78, 5) is 11.0. The maximum Gasteiger partial charge on any atom is 0.305 e. The van der Waals surface area contributed by atoms with Gasteiger partial charge in [0.2, 0.25) is 11.0 Å². The summed E-state index contributed by atoms with van der Waals surface area (Å²) in [5.41, 5.74) is 1.29. The van der Waals surface area contributed by atoms with E-state index in [-0.39, 0.29) is 17.0 Å². The molecule has 1 aromatic heterocycles. The Labute approximate surface area is 145 Å². The number of fused-ring (bicyclic) bond motifs is 1. The average Bonchev–Trinajstić information content (AvgIpc) is 2.87. The molecule has 0 atom stereocenters. The van der Waals surface area contributed by atoms with Crippen LogP contribution in [0.4, 0.5) is 5.69 Å². The SMILES string of the molecule is CCn1c(O)c(N=NC(=S)NCCCC(=O)OC)c2ccccc21. The number of para-hydroxylation sites is 1. The van der Waals surface area contributed by atoms with Crippen molar-refractivity contribution in [2.75, 3.05) is 13.7 Å². The quantitative estimate of drug-likeness (QED) is 0.362. The topological polar surface area (TPSA) is 88.2 Å². The maximum atomic E-state index is 11.0. The van der Waals surface area contributed by atoms with Gasteiger partial charge in [-0.2, -0.15) is 0 Å². The lowest BCUT2D eigenvalue weighted by molar-refractivity contribution is -0.140. The first-order chi connectivity index (χ1) is 11.6. The number of aryl methyl sites for hydroxylation is 1. The Morgan fingerprint density at radius 1 is 1.42 bits per heavy atom. The number of nitrogens with one attached hydrogen (secondary N) is 1. The minimum Gasteiger partial charge on any atom is -0.493 e. The van der Waals surface area contributed by atoms with Crippen LogP contribution >= 0.6 is 12.2 Å². The van der Waals surface area contributed by atoms with E-state index in [0.29, 0.717) is 31.6 Å². The first kappa shape index (κ1) is 17.9. The number of benzene rings is 1. The van der Waals surface area contributed by atoms with Crippen molar-refractivity contribution in [3.63, 3.8) is 0 Å². The molecule has 0 spiro atoms. The minimum atomic E-state index is -0.262. The van der Waals surface area contributed by atoms with E-state index in [1.807, 2.05) is 31.2 Å². The average molecular weight is 348 g/mol. The van der Waals surface area contributed by atoms with E-state index in [1.165, 1.54) is 7.11 Å². The van der Waals surface area contributed by atoms with Crippen LogP contribution in [0.1, 0.15) is 19.8 Å². The number of carbonyl (C=O) groups is 1. The number of rotatable bonds is 6. The fourth-order valence-corrected chi connectivity index (χ4v) is 2.49. The van der Waals surface area contributed by atoms with Gasteiger partial charge in [-0.1, -0.05) is 18.2 Å². The van der Waals surface area contributed by atoms with Gasteiger partial charge in [-0.05, 0) is 31.6 Å². The summed E-state index contributed by atoms with van der Waals surface area (Å²) in [6.45, 7) is 3.06. The van der Waals surface area contributed by atoms with Gasteiger partial charge < -0.3 is 19.7 Å². The lowest BCUT2D eigenvalue weighted by Gasteiger charge is -2.02. The van der Waals surface area contributed by atoms with Gasteiger partial charge in [0.15, 0.2) is 5.69 Å². The van der Waals surface area contributed by atoms with E-state index in [0.717, 1.165) is 10.9 Å². The summed E-state index contributed by atoms with van der Waals surface area (Å²) in [7, 11) is 1.35. The lowest BCUT2D eigenvalue weighted by Crippen LogP contribution is -2.21. The van der Waals surface area contributed by atoms with Crippen LogP contribution in [0.5, 0.6) is 5.88 Å². The molecule has 0 aliphatic heterocycles. The van der Waals surface area contributed by atoms with E-state index in [1.54, 1.807) is 4.57 Å². The second-order valence-corrected chi connectivity index (χ2v) is 5.43. The molecule has 0 bridgehead atoms. The summed E-state index contributed by atoms with van der Waals surface area (Å²) in [5, 5.41) is 22.3. The van der Waals surface area contributed by atoms with Crippen LogP contribution < -0.4 is 5.32 Å². The summed E-state index contributed by atoms with van der Waals surface area (Å²) in [6, 6.07) is 7.58. The molecule has 128 valence electrons. The van der Waals surface area contributed by atoms with Gasteiger partial charge in [-0.15, -0.1) is 10.2 Å². The van der Waals surface area contributed by atoms with Gasteiger partial charge >= 0.3 is 5.97 Å². The molecule has 2 aromatic rings. The van der Waals surface area contributed by atoms with Crippen LogP contribution in [-0.2, 0) is 16.1 Å². The van der Waals surface area contributed by atoms with Crippen molar-refractivity contribution in [1.29, 1.82) is 0 Å². The van der Waals surface area contributed by atoms with Gasteiger partial charge in [0.05, 0.1) is 12.6 Å². The Morgan fingerprint density at radius 3 is 2.88 bits per heavy atom. The Hall–Kier alpha value is -2.48. The molecule has 0 saturated carbocycles. The predicted octanol–water partition coefficient (Wildman–Crippen LogP) is 3.28. The van der Waals surface area contributed by atoms with Gasteiger partial charge in [0.25, 0.3) is 0 Å². The van der Waals surface area contributed by atoms with Crippen molar-refractivity contribution in [3.05, 3.63) is 24.3 Å². The third kappa shape index (κ3) is 4.08. The van der Waals surface area contributed by atoms with Crippen LogP contribution in [0, 0.1) is 0 Å². The Morgan fingerprint density at radius 2 is 2.17 bits per heavy atom. The molecule has 1 heterocycles. The van der Waals surface area contributed by atoms with Crippen molar-refractivity contribution in [2.45, 2.75) is 26.3 Å². The summed E-state index contributed by atoms with van der Waals surface area (Å²) >= 11 is 5.09. The van der Waals surface area contributed by atoms with Crippen LogP contribution in [0.3, 0.4) is 0 Å². The van der Waals surface area contributed by atoms with Gasteiger partial charge in [0.1, 0.15) is 0 Å². The second kappa shape index (κ2) is 8.39. The monoisotopic (exact) mass is 348 g/mol. The molecule has 0 amide bonds. The smallest absolute Gasteiger partial charge is 0.305 e. The molecule has 7 nitrogen and oxygen atoms in total. The standard InChI is InChI=1S/C16H20N4O3S/c1-3-20-12-8-5-4-7-11(12)14(15(20)22)18-19-16(24)17-10-6-9-13(21)23-2/h4-5,7-8,22H,3,6,9-10H2,1-2H3,(H,17,24). The van der Waals surface area contributed by atoms with E-state index in [4.69, 9.17) is 12.2 Å². The fourth-order valence-electron chi connectivity index (χ4n) is 2.35. The largest absolute Gasteiger partial charge is 0.493 e. The highest BCUT2D eigenvalue weighted by molar-refractivity contribution is 7.80. The van der Waals surface area contributed by atoms with Crippen molar-refractivity contribution in [3.8, 4) is 5.88 Å². The zero-order valence-corrected chi connectivity index (χ0v) is 14.5. The number of ether oxygens (including phenoxy) is 1. The Balaban J connectivity index is 2.04. The van der Waals surface area contributed by atoms with Crippen molar-refractivity contribution < 1.29 is 14.6 Å². The number of methoxy groups -OCH3 is 1. The van der Waals surface area contributed by atoms with Crippen LogP contribution in [0.25, 0.3) is 10.9 Å². The second-order valence-electron chi connectivity index (χ2n) is 5.05. The Bertz CT molecular complexity index is 770. The van der Waals surface area contributed by atoms with Gasteiger partial charge in [-0.25, -0.2) is 0 Å². The molecular formula is C16H20N4O3S. The summed E-state index contributed by atoms with van der Waals surface area (Å²) in [6.07, 6.45) is 0.900. The third-order valence-corrected chi connectivity index (χ3v) is 3.76. The van der Waals surface area contributed by atoms with Crippen LogP contribution in [-0.4, -0.2) is 34.4 Å². The highest BCUT2D eigenvalue weighted by atomic mass is 32.1. The number of nitrogens with zero attached hydrogens (tertiary/aromatic N) is 3. The molecule has 0 unspecified atom stereocenters. The molecule has 8 heteroatoms. The molecule has 0 aliphatic rings. The highest BCUT2D eigenvalue weighted by Gasteiger charge is 2.15. The molecule has 2 N–H and O–H groups in total. The maximum absolute atomic E-state index is 11.0. The molecular weight excluding hydrogens is 328 g/mol. The molecule has 1 aromatic carbocycles. The number of hydrogen-bond acceptors (Lipinski definition) is 5. The van der Waals surface area contributed by atoms with Crippen molar-refractivity contribution in [2.24, 2.45) is 10.2 Å². The highest BCUT2D eigenvalue weighted by Crippen LogP contribution is 2.38. The van der Waals surface area contributed by atoms with Crippen LogP contribution in [0.2, 0.25) is 0 Å². The number of thiocarbonyl (C=S) groups is 1. The zero-order chi connectivity index (χ0) is 17.5. The van der Waals surface area contributed by atoms with Gasteiger partial charge in [-0.3, -0.25) is 4.79 Å².